The second-order valence-electron chi connectivity index (χ2n) is 6.13. The lowest BCUT2D eigenvalue weighted by Gasteiger charge is -2.11. The molecular weight excluding hydrogens is 359 g/mol. The van der Waals surface area contributed by atoms with Gasteiger partial charge in [0.2, 0.25) is 5.91 Å². The third-order valence-electron chi connectivity index (χ3n) is 4.11. The molecule has 1 aliphatic rings. The number of hydrogen-bond acceptors (Lipinski definition) is 4. The first kappa shape index (κ1) is 20.2. The van der Waals surface area contributed by atoms with Crippen molar-refractivity contribution in [1.29, 1.82) is 0 Å². The van der Waals surface area contributed by atoms with E-state index in [9.17, 15) is 14.3 Å². The van der Waals surface area contributed by atoms with Crippen LogP contribution in [0.3, 0.4) is 0 Å². The fourth-order valence-corrected chi connectivity index (χ4v) is 2.73. The number of hydrogen-bond donors (Lipinski definition) is 3. The summed E-state index contributed by atoms with van der Waals surface area (Å²) in [7, 11) is 0. The summed E-state index contributed by atoms with van der Waals surface area (Å²) in [5, 5.41) is 15.3. The molecule has 140 valence electrons. The second kappa shape index (κ2) is 9.52. The van der Waals surface area contributed by atoms with Crippen molar-refractivity contribution >= 4 is 18.3 Å². The van der Waals surface area contributed by atoms with Gasteiger partial charge in [-0.1, -0.05) is 24.3 Å². The van der Waals surface area contributed by atoms with E-state index in [-0.39, 0.29) is 30.2 Å². The zero-order chi connectivity index (χ0) is 17.6. The lowest BCUT2D eigenvalue weighted by atomic mass is 10.1. The molecule has 1 fully saturated rings. The normalized spacial score (nSPS) is 18.8. The number of ether oxygens (including phenoxy) is 1. The molecule has 3 N–H and O–H groups in total. The van der Waals surface area contributed by atoms with E-state index in [1.54, 1.807) is 12.1 Å². The molecule has 0 bridgehead atoms. The fourth-order valence-electron chi connectivity index (χ4n) is 2.73. The molecule has 7 heteroatoms. The monoisotopic (exact) mass is 380 g/mol. The van der Waals surface area contributed by atoms with Gasteiger partial charge in [-0.05, 0) is 41.8 Å². The molecule has 1 aliphatic heterocycles. The average Bonchev–Trinajstić information content (AvgIpc) is 3.05. The summed E-state index contributed by atoms with van der Waals surface area (Å²) in [4.78, 5) is 12.0. The van der Waals surface area contributed by atoms with Crippen LogP contribution >= 0.6 is 12.4 Å². The minimum absolute atomic E-state index is 0. The van der Waals surface area contributed by atoms with Crippen LogP contribution in [-0.2, 0) is 17.9 Å². The Morgan fingerprint density at radius 3 is 2.65 bits per heavy atom. The number of benzene rings is 2. The number of carbonyl (C=O) groups excluding carboxylic acids is 1. The van der Waals surface area contributed by atoms with Crippen molar-refractivity contribution in [2.75, 3.05) is 6.54 Å². The Morgan fingerprint density at radius 2 is 2.00 bits per heavy atom. The molecular formula is C19H22ClFN2O3. The summed E-state index contributed by atoms with van der Waals surface area (Å²) in [6.07, 6.45) is -0.0103. The zero-order valence-corrected chi connectivity index (χ0v) is 15.0. The van der Waals surface area contributed by atoms with Gasteiger partial charge in [-0.3, -0.25) is 4.79 Å². The highest BCUT2D eigenvalue weighted by atomic mass is 35.5. The van der Waals surface area contributed by atoms with E-state index in [0.29, 0.717) is 31.9 Å². The van der Waals surface area contributed by atoms with Crippen LogP contribution < -0.4 is 15.4 Å². The Morgan fingerprint density at radius 1 is 1.23 bits per heavy atom. The molecule has 2 atom stereocenters. The number of rotatable bonds is 6. The number of β-amino-alcohol motifs (C(OH)–C–C–N with tert-alkyl or cyclic N) is 1. The number of halogens is 2. The summed E-state index contributed by atoms with van der Waals surface area (Å²) in [6.45, 7) is 1.16. The molecule has 2 aromatic carbocycles. The van der Waals surface area contributed by atoms with E-state index in [4.69, 9.17) is 4.74 Å². The predicted molar refractivity (Wildman–Crippen MR) is 98.7 cm³/mol. The van der Waals surface area contributed by atoms with Gasteiger partial charge in [0, 0.05) is 13.1 Å². The average molecular weight is 381 g/mol. The SMILES string of the molecule is Cl.O=C(NCc1ccc(OCc2cccc(F)c2)cc1)C1CC(O)CN1. The third-order valence-corrected chi connectivity index (χ3v) is 4.11. The quantitative estimate of drug-likeness (QED) is 0.718. The maximum absolute atomic E-state index is 13.1. The van der Waals surface area contributed by atoms with Crippen molar-refractivity contribution in [3.63, 3.8) is 0 Å². The maximum Gasteiger partial charge on any atom is 0.237 e. The highest BCUT2D eigenvalue weighted by Gasteiger charge is 2.27. The topological polar surface area (TPSA) is 70.6 Å². The van der Waals surface area contributed by atoms with E-state index >= 15 is 0 Å². The lowest BCUT2D eigenvalue weighted by Crippen LogP contribution is -2.39. The van der Waals surface area contributed by atoms with Gasteiger partial charge >= 0.3 is 0 Å². The number of aliphatic hydroxyl groups is 1. The first-order valence-electron chi connectivity index (χ1n) is 8.25. The molecule has 1 heterocycles. The molecule has 0 radical (unpaired) electrons. The van der Waals surface area contributed by atoms with Gasteiger partial charge in [-0.2, -0.15) is 0 Å². The first-order valence-corrected chi connectivity index (χ1v) is 8.25. The van der Waals surface area contributed by atoms with Crippen LogP contribution in [0.25, 0.3) is 0 Å². The van der Waals surface area contributed by atoms with Gasteiger partial charge in [0.05, 0.1) is 12.1 Å². The van der Waals surface area contributed by atoms with E-state index in [2.05, 4.69) is 10.6 Å². The van der Waals surface area contributed by atoms with Crippen LogP contribution in [0.5, 0.6) is 5.75 Å². The molecule has 1 amide bonds. The minimum atomic E-state index is -0.453. The summed E-state index contributed by atoms with van der Waals surface area (Å²) < 4.78 is 18.7. The van der Waals surface area contributed by atoms with Crippen LogP contribution in [0.2, 0.25) is 0 Å². The second-order valence-corrected chi connectivity index (χ2v) is 6.13. The van der Waals surface area contributed by atoms with Crippen LogP contribution in [-0.4, -0.2) is 29.7 Å². The van der Waals surface area contributed by atoms with Crippen molar-refractivity contribution in [1.82, 2.24) is 10.6 Å². The van der Waals surface area contributed by atoms with Crippen LogP contribution in [0.15, 0.2) is 48.5 Å². The lowest BCUT2D eigenvalue weighted by molar-refractivity contribution is -0.123. The van der Waals surface area contributed by atoms with Crippen molar-refractivity contribution in [3.05, 3.63) is 65.5 Å². The van der Waals surface area contributed by atoms with Crippen molar-refractivity contribution in [3.8, 4) is 5.75 Å². The van der Waals surface area contributed by atoms with Crippen molar-refractivity contribution in [2.24, 2.45) is 0 Å². The molecule has 2 aromatic rings. The Bertz CT molecular complexity index is 727. The van der Waals surface area contributed by atoms with Gasteiger partial charge in [-0.25, -0.2) is 4.39 Å². The third kappa shape index (κ3) is 5.69. The van der Waals surface area contributed by atoms with Gasteiger partial charge in [0.15, 0.2) is 0 Å². The van der Waals surface area contributed by atoms with Crippen molar-refractivity contribution in [2.45, 2.75) is 31.7 Å². The molecule has 3 rings (SSSR count). The summed E-state index contributed by atoms with van der Waals surface area (Å²) in [6, 6.07) is 13.3. The largest absolute Gasteiger partial charge is 0.489 e. The summed E-state index contributed by atoms with van der Waals surface area (Å²) in [5.41, 5.74) is 1.72. The number of amides is 1. The zero-order valence-electron chi connectivity index (χ0n) is 14.2. The van der Waals surface area contributed by atoms with E-state index in [1.807, 2.05) is 24.3 Å². The highest BCUT2D eigenvalue weighted by Crippen LogP contribution is 2.15. The Kier molecular flexibility index (Phi) is 7.38. The summed E-state index contributed by atoms with van der Waals surface area (Å²) in [5.74, 6) is 0.291. The van der Waals surface area contributed by atoms with E-state index in [1.165, 1.54) is 12.1 Å². The molecule has 0 aliphatic carbocycles. The smallest absolute Gasteiger partial charge is 0.237 e. The molecule has 0 spiro atoms. The molecule has 0 saturated carbocycles. The van der Waals surface area contributed by atoms with Gasteiger partial charge in [-0.15, -0.1) is 12.4 Å². The van der Waals surface area contributed by atoms with Crippen LogP contribution in [0.1, 0.15) is 17.5 Å². The summed E-state index contributed by atoms with van der Waals surface area (Å²) >= 11 is 0. The first-order chi connectivity index (χ1) is 12.1. The van der Waals surface area contributed by atoms with Crippen LogP contribution in [0.4, 0.5) is 4.39 Å². The fraction of sp³-hybridized carbons (Fsp3) is 0.316. The van der Waals surface area contributed by atoms with E-state index in [0.717, 1.165) is 11.1 Å². The standard InChI is InChI=1S/C19H21FN2O3.ClH/c20-15-3-1-2-14(8-15)12-25-17-6-4-13(5-7-17)10-22-19(24)18-9-16(23)11-21-18;/h1-8,16,18,21,23H,9-12H2,(H,22,24);1H. The maximum atomic E-state index is 13.1. The highest BCUT2D eigenvalue weighted by molar-refractivity contribution is 5.85. The number of carbonyl (C=O) groups is 1. The Balaban J connectivity index is 0.00000243. The van der Waals surface area contributed by atoms with Crippen molar-refractivity contribution < 1.29 is 19.0 Å². The molecule has 1 saturated heterocycles. The van der Waals surface area contributed by atoms with Gasteiger partial charge < -0.3 is 20.5 Å². The number of nitrogens with one attached hydrogen (secondary N) is 2. The minimum Gasteiger partial charge on any atom is -0.489 e. The van der Waals surface area contributed by atoms with E-state index < -0.39 is 6.10 Å². The van der Waals surface area contributed by atoms with Gasteiger partial charge in [0.1, 0.15) is 18.2 Å². The Hall–Kier alpha value is -2.15. The molecule has 26 heavy (non-hydrogen) atoms. The molecule has 5 nitrogen and oxygen atoms in total. The molecule has 2 unspecified atom stereocenters. The van der Waals surface area contributed by atoms with Crippen LogP contribution in [0, 0.1) is 5.82 Å². The van der Waals surface area contributed by atoms with Gasteiger partial charge in [0.25, 0.3) is 0 Å². The predicted octanol–water partition coefficient (Wildman–Crippen LogP) is 2.17. The Labute approximate surface area is 158 Å². The number of aliphatic hydroxyl groups excluding tert-OH is 1. The molecule has 0 aromatic heterocycles.